The number of fused-ring (bicyclic) bond motifs is 1. The summed E-state index contributed by atoms with van der Waals surface area (Å²) in [6.45, 7) is 3.86. The van der Waals surface area contributed by atoms with Crippen molar-refractivity contribution in [3.63, 3.8) is 0 Å². The summed E-state index contributed by atoms with van der Waals surface area (Å²) in [5.74, 6) is 0. The summed E-state index contributed by atoms with van der Waals surface area (Å²) in [6.07, 6.45) is 9.42. The molecule has 0 aliphatic carbocycles. The van der Waals surface area contributed by atoms with Crippen molar-refractivity contribution in [3.05, 3.63) is 84.5 Å². The summed E-state index contributed by atoms with van der Waals surface area (Å²) < 4.78 is 16.1. The lowest BCUT2D eigenvalue weighted by molar-refractivity contribution is 0.590. The minimum atomic E-state index is -2.97. The van der Waals surface area contributed by atoms with Crippen molar-refractivity contribution in [1.29, 1.82) is 0 Å². The van der Waals surface area contributed by atoms with Gasteiger partial charge in [-0.25, -0.2) is 4.98 Å². The zero-order valence-electron chi connectivity index (χ0n) is 13.3. The summed E-state index contributed by atoms with van der Waals surface area (Å²) in [4.78, 5) is 4.43. The molecule has 4 heteroatoms. The van der Waals surface area contributed by atoms with Crippen LogP contribution in [0, 0.1) is 0 Å². The van der Waals surface area contributed by atoms with Gasteiger partial charge < -0.3 is 4.57 Å². The number of rotatable bonds is 4. The van der Waals surface area contributed by atoms with Crippen LogP contribution >= 0.6 is 7.14 Å². The minimum Gasteiger partial charge on any atom is -0.307 e. The number of hydrogen-bond donors (Lipinski definition) is 0. The van der Waals surface area contributed by atoms with E-state index in [1.54, 1.807) is 6.20 Å². The number of pyridine rings is 1. The SMILES string of the molecule is CC=CC(=CC)P(=O)(c1ccccc1)c1cnc2ccccn12. The molecule has 0 amide bonds. The van der Waals surface area contributed by atoms with Crippen LogP contribution in [0.15, 0.2) is 84.5 Å². The van der Waals surface area contributed by atoms with Crippen LogP contribution in [-0.4, -0.2) is 9.38 Å². The Bertz CT molecular complexity index is 923. The van der Waals surface area contributed by atoms with E-state index in [0.29, 0.717) is 0 Å². The highest BCUT2D eigenvalue weighted by Gasteiger charge is 2.33. The van der Waals surface area contributed by atoms with E-state index in [9.17, 15) is 4.57 Å². The molecule has 3 nitrogen and oxygen atoms in total. The molecule has 0 spiro atoms. The van der Waals surface area contributed by atoms with E-state index in [2.05, 4.69) is 4.98 Å². The predicted octanol–water partition coefficient (Wildman–Crippen LogP) is 4.13. The van der Waals surface area contributed by atoms with Gasteiger partial charge in [0.05, 0.1) is 6.20 Å². The zero-order chi connectivity index (χ0) is 16.3. The van der Waals surface area contributed by atoms with Gasteiger partial charge in [0.15, 0.2) is 7.14 Å². The molecule has 0 aliphatic heterocycles. The average Bonchev–Trinajstić information content (AvgIpc) is 3.04. The number of imidazole rings is 1. The van der Waals surface area contributed by atoms with E-state index in [0.717, 1.165) is 21.7 Å². The van der Waals surface area contributed by atoms with Crippen LogP contribution in [0.25, 0.3) is 5.65 Å². The second-order valence-corrected chi connectivity index (χ2v) is 7.91. The quantitative estimate of drug-likeness (QED) is 0.535. The highest BCUT2D eigenvalue weighted by Crippen LogP contribution is 2.52. The van der Waals surface area contributed by atoms with Crippen molar-refractivity contribution in [1.82, 2.24) is 9.38 Å². The Balaban J connectivity index is 2.35. The third kappa shape index (κ3) is 2.58. The predicted molar refractivity (Wildman–Crippen MR) is 97.1 cm³/mol. The molecule has 1 atom stereocenters. The molecule has 0 radical (unpaired) electrons. The first-order chi connectivity index (χ1) is 11.2. The van der Waals surface area contributed by atoms with Crippen molar-refractivity contribution in [2.75, 3.05) is 0 Å². The maximum absolute atomic E-state index is 14.2. The van der Waals surface area contributed by atoms with Crippen molar-refractivity contribution < 1.29 is 4.57 Å². The fraction of sp³-hybridized carbons (Fsp3) is 0.105. The van der Waals surface area contributed by atoms with Gasteiger partial charge in [-0.2, -0.15) is 0 Å². The van der Waals surface area contributed by atoms with Gasteiger partial charge in [-0.05, 0) is 26.0 Å². The first-order valence-corrected chi connectivity index (χ1v) is 9.30. The van der Waals surface area contributed by atoms with E-state index in [4.69, 9.17) is 0 Å². The van der Waals surface area contributed by atoms with Gasteiger partial charge >= 0.3 is 0 Å². The third-order valence-electron chi connectivity index (χ3n) is 3.84. The minimum absolute atomic E-state index is 0.727. The van der Waals surface area contributed by atoms with Crippen molar-refractivity contribution in [3.8, 4) is 0 Å². The summed E-state index contributed by atoms with van der Waals surface area (Å²) >= 11 is 0. The second kappa shape index (κ2) is 6.39. The summed E-state index contributed by atoms with van der Waals surface area (Å²) in [5.41, 5.74) is 1.53. The van der Waals surface area contributed by atoms with Gasteiger partial charge in [0.2, 0.25) is 0 Å². The lowest BCUT2D eigenvalue weighted by atomic mass is 10.4. The monoisotopic (exact) mass is 322 g/mol. The van der Waals surface area contributed by atoms with E-state index < -0.39 is 7.14 Å². The molecule has 3 aromatic rings. The fourth-order valence-electron chi connectivity index (χ4n) is 2.76. The van der Waals surface area contributed by atoms with Crippen LogP contribution in [0.2, 0.25) is 0 Å². The number of allylic oxidation sites excluding steroid dienone is 4. The molecule has 0 saturated heterocycles. The molecule has 1 aromatic carbocycles. The maximum Gasteiger partial charge on any atom is 0.188 e. The standard InChI is InChI=1S/C19H19N2OP/c1-3-10-16(4-2)23(22,17-11-6-5-7-12-17)19-15-20-18-13-8-9-14-21(18)19/h3-15H,1-2H3. The molecule has 2 aromatic heterocycles. The van der Waals surface area contributed by atoms with Gasteiger partial charge in [0.1, 0.15) is 11.1 Å². The Kier molecular flexibility index (Phi) is 4.31. The van der Waals surface area contributed by atoms with Crippen LogP contribution < -0.4 is 10.7 Å². The lowest BCUT2D eigenvalue weighted by Gasteiger charge is -2.20. The van der Waals surface area contributed by atoms with E-state index in [-0.39, 0.29) is 0 Å². The lowest BCUT2D eigenvalue weighted by Crippen LogP contribution is -2.20. The fourth-order valence-corrected chi connectivity index (χ4v) is 5.59. The molecule has 0 bridgehead atoms. The topological polar surface area (TPSA) is 34.4 Å². The van der Waals surface area contributed by atoms with Crippen molar-refractivity contribution in [2.45, 2.75) is 13.8 Å². The first kappa shape index (κ1) is 15.5. The van der Waals surface area contributed by atoms with Gasteiger partial charge in [-0.1, -0.05) is 54.6 Å². The Hall–Kier alpha value is -2.38. The smallest absolute Gasteiger partial charge is 0.188 e. The Morgan fingerprint density at radius 3 is 2.52 bits per heavy atom. The van der Waals surface area contributed by atoms with Crippen LogP contribution in [0.3, 0.4) is 0 Å². The Morgan fingerprint density at radius 2 is 1.83 bits per heavy atom. The summed E-state index contributed by atoms with van der Waals surface area (Å²) in [6, 6.07) is 15.4. The third-order valence-corrected chi connectivity index (χ3v) is 6.97. The number of benzene rings is 1. The van der Waals surface area contributed by atoms with Crippen LogP contribution in [0.1, 0.15) is 13.8 Å². The molecule has 23 heavy (non-hydrogen) atoms. The molecule has 116 valence electrons. The Labute approximate surface area is 136 Å². The van der Waals surface area contributed by atoms with Gasteiger partial charge in [0.25, 0.3) is 0 Å². The maximum atomic E-state index is 14.2. The van der Waals surface area contributed by atoms with Crippen LogP contribution in [0.4, 0.5) is 0 Å². The molecule has 0 fully saturated rings. The molecule has 0 N–H and O–H groups in total. The molecular formula is C19H19N2OP. The normalized spacial score (nSPS) is 15.1. The molecule has 0 saturated carbocycles. The molecule has 2 heterocycles. The molecule has 1 unspecified atom stereocenters. The van der Waals surface area contributed by atoms with Crippen LogP contribution in [-0.2, 0) is 4.57 Å². The summed E-state index contributed by atoms with van der Waals surface area (Å²) in [5, 5.41) is 1.63. The first-order valence-electron chi connectivity index (χ1n) is 7.59. The van der Waals surface area contributed by atoms with Gasteiger partial charge in [-0.3, -0.25) is 4.40 Å². The molecular weight excluding hydrogens is 303 g/mol. The molecule has 3 rings (SSSR count). The second-order valence-electron chi connectivity index (χ2n) is 5.20. The highest BCUT2D eigenvalue weighted by molar-refractivity contribution is 7.82. The Morgan fingerprint density at radius 1 is 1.09 bits per heavy atom. The van der Waals surface area contributed by atoms with Gasteiger partial charge in [0, 0.05) is 16.8 Å². The van der Waals surface area contributed by atoms with E-state index in [1.165, 1.54) is 0 Å². The average molecular weight is 322 g/mol. The van der Waals surface area contributed by atoms with E-state index in [1.807, 2.05) is 91.2 Å². The summed E-state index contributed by atoms with van der Waals surface area (Å²) in [7, 11) is -2.97. The van der Waals surface area contributed by atoms with Crippen molar-refractivity contribution >= 4 is 23.5 Å². The number of hydrogen-bond acceptors (Lipinski definition) is 2. The molecule has 0 aliphatic rings. The van der Waals surface area contributed by atoms with Crippen molar-refractivity contribution in [2.24, 2.45) is 0 Å². The van der Waals surface area contributed by atoms with E-state index >= 15 is 0 Å². The van der Waals surface area contributed by atoms with Gasteiger partial charge in [-0.15, -0.1) is 0 Å². The highest BCUT2D eigenvalue weighted by atomic mass is 31.2. The number of aromatic nitrogens is 2. The zero-order valence-corrected chi connectivity index (χ0v) is 14.1. The number of nitrogens with zero attached hydrogens (tertiary/aromatic N) is 2. The van der Waals surface area contributed by atoms with Crippen LogP contribution in [0.5, 0.6) is 0 Å². The largest absolute Gasteiger partial charge is 0.307 e.